The van der Waals surface area contributed by atoms with Crippen molar-refractivity contribution in [2.24, 2.45) is 0 Å². The number of hydrogen-bond acceptors (Lipinski definition) is 3. The second kappa shape index (κ2) is 6.17. The summed E-state index contributed by atoms with van der Waals surface area (Å²) in [7, 11) is 4.05. The highest BCUT2D eigenvalue weighted by Gasteiger charge is 2.32. The van der Waals surface area contributed by atoms with E-state index in [1.165, 1.54) is 5.56 Å². The Morgan fingerprint density at radius 2 is 1.89 bits per heavy atom. The average molecular weight is 262 g/mol. The number of nitrogens with zero attached hydrogens (tertiary/aromatic N) is 2. The van der Waals surface area contributed by atoms with Gasteiger partial charge in [0.15, 0.2) is 0 Å². The summed E-state index contributed by atoms with van der Waals surface area (Å²) in [5.41, 5.74) is 1.91. The van der Waals surface area contributed by atoms with Crippen LogP contribution in [0.15, 0.2) is 24.3 Å². The first kappa shape index (κ1) is 14.0. The van der Waals surface area contributed by atoms with Gasteiger partial charge in [-0.3, -0.25) is 4.79 Å². The van der Waals surface area contributed by atoms with E-state index in [4.69, 9.17) is 5.11 Å². The normalized spacial score (nSPS) is 14.7. The first-order valence-corrected chi connectivity index (χ1v) is 6.77. The molecule has 1 saturated carbocycles. The van der Waals surface area contributed by atoms with Crippen LogP contribution in [0.1, 0.15) is 28.8 Å². The maximum atomic E-state index is 12.4. The van der Waals surface area contributed by atoms with Crippen molar-refractivity contribution in [2.45, 2.75) is 25.4 Å². The Hall–Kier alpha value is -1.39. The molecule has 0 heterocycles. The van der Waals surface area contributed by atoms with E-state index in [9.17, 15) is 4.79 Å². The lowest BCUT2D eigenvalue weighted by molar-refractivity contribution is 0.0707. The molecule has 1 aromatic carbocycles. The van der Waals surface area contributed by atoms with Crippen LogP contribution in [0.3, 0.4) is 0 Å². The molecule has 1 N–H and O–H groups in total. The molecule has 1 aliphatic carbocycles. The predicted molar refractivity (Wildman–Crippen MR) is 75.0 cm³/mol. The second-order valence-corrected chi connectivity index (χ2v) is 5.39. The molecule has 1 aliphatic rings. The zero-order chi connectivity index (χ0) is 13.8. The molecule has 0 aliphatic heterocycles. The fourth-order valence-electron chi connectivity index (χ4n) is 2.23. The number of rotatable bonds is 6. The quantitative estimate of drug-likeness (QED) is 0.841. The molecule has 2 rings (SSSR count). The molecular formula is C15H22N2O2. The van der Waals surface area contributed by atoms with Gasteiger partial charge < -0.3 is 14.9 Å². The van der Waals surface area contributed by atoms with Gasteiger partial charge >= 0.3 is 0 Å². The van der Waals surface area contributed by atoms with Gasteiger partial charge in [-0.25, -0.2) is 0 Å². The molecule has 4 nitrogen and oxygen atoms in total. The van der Waals surface area contributed by atoms with E-state index in [1.807, 2.05) is 38.4 Å². The molecule has 4 heteroatoms. The van der Waals surface area contributed by atoms with Crippen LogP contribution in [-0.4, -0.2) is 54.1 Å². The third-order valence-corrected chi connectivity index (χ3v) is 3.29. The lowest BCUT2D eigenvalue weighted by Gasteiger charge is -2.21. The third kappa shape index (κ3) is 3.78. The summed E-state index contributed by atoms with van der Waals surface area (Å²) in [6.07, 6.45) is 2.12. The number of aliphatic hydroxyl groups is 1. The summed E-state index contributed by atoms with van der Waals surface area (Å²) in [6, 6.07) is 8.09. The lowest BCUT2D eigenvalue weighted by Crippen LogP contribution is -2.35. The summed E-state index contributed by atoms with van der Waals surface area (Å²) in [6.45, 7) is 1.33. The minimum Gasteiger partial charge on any atom is -0.395 e. The summed E-state index contributed by atoms with van der Waals surface area (Å²) in [5, 5.41) is 9.05. The molecule has 0 radical (unpaired) electrons. The SMILES string of the molecule is CN(C)Cc1ccc(C(=O)N(CCO)C2CC2)cc1. The van der Waals surface area contributed by atoms with Gasteiger partial charge in [0.05, 0.1) is 6.61 Å². The zero-order valence-electron chi connectivity index (χ0n) is 11.7. The molecule has 19 heavy (non-hydrogen) atoms. The summed E-state index contributed by atoms with van der Waals surface area (Å²) < 4.78 is 0. The minimum atomic E-state index is 0.0287. The van der Waals surface area contributed by atoms with Crippen molar-refractivity contribution in [1.82, 2.24) is 9.80 Å². The van der Waals surface area contributed by atoms with Gasteiger partial charge in [0.1, 0.15) is 0 Å². The van der Waals surface area contributed by atoms with Gasteiger partial charge in [-0.2, -0.15) is 0 Å². The fraction of sp³-hybridized carbons (Fsp3) is 0.533. The molecule has 0 aromatic heterocycles. The standard InChI is InChI=1S/C15H22N2O2/c1-16(2)11-12-3-5-13(6-4-12)15(19)17(9-10-18)14-7-8-14/h3-6,14,18H,7-11H2,1-2H3. The number of benzene rings is 1. The molecule has 0 unspecified atom stereocenters. The van der Waals surface area contributed by atoms with Crippen LogP contribution in [-0.2, 0) is 6.54 Å². The van der Waals surface area contributed by atoms with Crippen molar-refractivity contribution in [1.29, 1.82) is 0 Å². The minimum absolute atomic E-state index is 0.0287. The molecule has 0 bridgehead atoms. The molecule has 0 saturated heterocycles. The smallest absolute Gasteiger partial charge is 0.254 e. The van der Waals surface area contributed by atoms with Crippen LogP contribution in [0.4, 0.5) is 0 Å². The number of carbonyl (C=O) groups excluding carboxylic acids is 1. The van der Waals surface area contributed by atoms with Crippen LogP contribution in [0.5, 0.6) is 0 Å². The second-order valence-electron chi connectivity index (χ2n) is 5.39. The average Bonchev–Trinajstić information content (AvgIpc) is 3.19. The number of carbonyl (C=O) groups is 1. The van der Waals surface area contributed by atoms with Gasteiger partial charge in [0.25, 0.3) is 5.91 Å². The van der Waals surface area contributed by atoms with Crippen LogP contribution in [0, 0.1) is 0 Å². The van der Waals surface area contributed by atoms with Crippen molar-refractivity contribution >= 4 is 5.91 Å². The Kier molecular flexibility index (Phi) is 4.56. The molecule has 104 valence electrons. The topological polar surface area (TPSA) is 43.8 Å². The molecular weight excluding hydrogens is 240 g/mol. The highest BCUT2D eigenvalue weighted by molar-refractivity contribution is 5.94. The molecule has 1 fully saturated rings. The van der Waals surface area contributed by atoms with Crippen molar-refractivity contribution < 1.29 is 9.90 Å². The van der Waals surface area contributed by atoms with E-state index < -0.39 is 0 Å². The maximum Gasteiger partial charge on any atom is 0.254 e. The molecule has 1 amide bonds. The summed E-state index contributed by atoms with van der Waals surface area (Å²) in [4.78, 5) is 16.2. The van der Waals surface area contributed by atoms with Crippen LogP contribution in [0.2, 0.25) is 0 Å². The van der Waals surface area contributed by atoms with Crippen molar-refractivity contribution in [3.8, 4) is 0 Å². The van der Waals surface area contributed by atoms with E-state index in [2.05, 4.69) is 4.90 Å². The van der Waals surface area contributed by atoms with Crippen LogP contribution < -0.4 is 0 Å². The van der Waals surface area contributed by atoms with Crippen molar-refractivity contribution in [3.05, 3.63) is 35.4 Å². The van der Waals surface area contributed by atoms with Gasteiger partial charge in [-0.1, -0.05) is 12.1 Å². The lowest BCUT2D eigenvalue weighted by atomic mass is 10.1. The first-order chi connectivity index (χ1) is 9.11. The largest absolute Gasteiger partial charge is 0.395 e. The van der Waals surface area contributed by atoms with E-state index in [1.54, 1.807) is 4.90 Å². The predicted octanol–water partition coefficient (Wildman–Crippen LogP) is 1.35. The Bertz CT molecular complexity index is 424. The Morgan fingerprint density at radius 1 is 1.26 bits per heavy atom. The van der Waals surface area contributed by atoms with Crippen LogP contribution >= 0.6 is 0 Å². The van der Waals surface area contributed by atoms with E-state index in [-0.39, 0.29) is 12.5 Å². The number of hydrogen-bond donors (Lipinski definition) is 1. The van der Waals surface area contributed by atoms with E-state index >= 15 is 0 Å². The van der Waals surface area contributed by atoms with E-state index in [0.717, 1.165) is 19.4 Å². The molecule has 0 spiro atoms. The monoisotopic (exact) mass is 262 g/mol. The Balaban J connectivity index is 2.05. The van der Waals surface area contributed by atoms with Crippen molar-refractivity contribution in [3.63, 3.8) is 0 Å². The third-order valence-electron chi connectivity index (χ3n) is 3.29. The van der Waals surface area contributed by atoms with Crippen molar-refractivity contribution in [2.75, 3.05) is 27.2 Å². The highest BCUT2D eigenvalue weighted by Crippen LogP contribution is 2.28. The van der Waals surface area contributed by atoms with Gasteiger partial charge in [-0.15, -0.1) is 0 Å². The van der Waals surface area contributed by atoms with E-state index in [0.29, 0.717) is 18.2 Å². The zero-order valence-corrected chi connectivity index (χ0v) is 11.7. The van der Waals surface area contributed by atoms with Gasteiger partial charge in [0.2, 0.25) is 0 Å². The maximum absolute atomic E-state index is 12.4. The summed E-state index contributed by atoms with van der Waals surface area (Å²) >= 11 is 0. The van der Waals surface area contributed by atoms with Crippen LogP contribution in [0.25, 0.3) is 0 Å². The highest BCUT2D eigenvalue weighted by atomic mass is 16.3. The molecule has 0 atom stereocenters. The number of amides is 1. The number of aliphatic hydroxyl groups excluding tert-OH is 1. The summed E-state index contributed by atoms with van der Waals surface area (Å²) in [5.74, 6) is 0.0351. The Morgan fingerprint density at radius 3 is 2.37 bits per heavy atom. The van der Waals surface area contributed by atoms with Gasteiger partial charge in [0, 0.05) is 24.7 Å². The van der Waals surface area contributed by atoms with Gasteiger partial charge in [-0.05, 0) is 44.6 Å². The fourth-order valence-corrected chi connectivity index (χ4v) is 2.23. The first-order valence-electron chi connectivity index (χ1n) is 6.77. The Labute approximate surface area is 114 Å². The molecule has 1 aromatic rings.